The van der Waals surface area contributed by atoms with Gasteiger partial charge in [-0.25, -0.2) is 0 Å². The van der Waals surface area contributed by atoms with Crippen LogP contribution < -0.4 is 5.32 Å². The van der Waals surface area contributed by atoms with E-state index in [9.17, 15) is 0 Å². The Bertz CT molecular complexity index is 282. The van der Waals surface area contributed by atoms with E-state index >= 15 is 0 Å². The maximum atomic E-state index is 4.31. The van der Waals surface area contributed by atoms with E-state index in [1.54, 1.807) is 0 Å². The van der Waals surface area contributed by atoms with Gasteiger partial charge in [-0.15, -0.1) is 0 Å². The third-order valence-corrected chi connectivity index (χ3v) is 2.95. The molecule has 90 valence electrons. The maximum Gasteiger partial charge on any atom is 0.0542 e. The molecule has 1 N–H and O–H groups in total. The van der Waals surface area contributed by atoms with Gasteiger partial charge in [0.25, 0.3) is 0 Å². The van der Waals surface area contributed by atoms with E-state index < -0.39 is 0 Å². The summed E-state index contributed by atoms with van der Waals surface area (Å²) in [4.78, 5) is 4.31. The standard InChI is InChI=1S/C13H21BrN2/c1-11(2)5-3-4-8-15-10-13-7-6-12(14)9-16-13/h6-7,9,11,15H,3-5,8,10H2,1-2H3. The predicted octanol–water partition coefficient (Wildman–Crippen LogP) is 3.76. The minimum absolute atomic E-state index is 0.827. The number of nitrogens with one attached hydrogen (secondary N) is 1. The second-order valence-electron chi connectivity index (χ2n) is 4.53. The molecule has 2 nitrogen and oxygen atoms in total. The summed E-state index contributed by atoms with van der Waals surface area (Å²) in [6.45, 7) is 6.51. The van der Waals surface area contributed by atoms with Gasteiger partial charge in [0.05, 0.1) is 5.69 Å². The van der Waals surface area contributed by atoms with Crippen LogP contribution in [0.3, 0.4) is 0 Å². The number of rotatable bonds is 7. The molecule has 1 heterocycles. The zero-order chi connectivity index (χ0) is 11.8. The molecule has 0 radical (unpaired) electrons. The minimum Gasteiger partial charge on any atom is -0.311 e. The fourth-order valence-corrected chi connectivity index (χ4v) is 1.76. The van der Waals surface area contributed by atoms with Gasteiger partial charge in [-0.1, -0.05) is 26.7 Å². The molecule has 0 atom stereocenters. The van der Waals surface area contributed by atoms with Gasteiger partial charge in [-0.05, 0) is 46.9 Å². The van der Waals surface area contributed by atoms with Crippen LogP contribution in [0.5, 0.6) is 0 Å². The maximum absolute atomic E-state index is 4.31. The van der Waals surface area contributed by atoms with Crippen LogP contribution in [0.25, 0.3) is 0 Å². The van der Waals surface area contributed by atoms with Crippen molar-refractivity contribution in [3.63, 3.8) is 0 Å². The third kappa shape index (κ3) is 6.23. The molecule has 0 aliphatic heterocycles. The molecular formula is C13H21BrN2. The Kier molecular flexibility index (Phi) is 6.65. The minimum atomic E-state index is 0.827. The van der Waals surface area contributed by atoms with Crippen molar-refractivity contribution in [2.75, 3.05) is 6.54 Å². The molecule has 0 spiro atoms. The third-order valence-electron chi connectivity index (χ3n) is 2.48. The number of nitrogens with zero attached hydrogens (tertiary/aromatic N) is 1. The number of pyridine rings is 1. The van der Waals surface area contributed by atoms with Gasteiger partial charge in [0, 0.05) is 17.2 Å². The SMILES string of the molecule is CC(C)CCCCNCc1ccc(Br)cn1. The Morgan fingerprint density at radius 3 is 2.75 bits per heavy atom. The van der Waals surface area contributed by atoms with E-state index in [0.29, 0.717) is 0 Å². The molecular weight excluding hydrogens is 264 g/mol. The summed E-state index contributed by atoms with van der Waals surface area (Å²) >= 11 is 3.38. The monoisotopic (exact) mass is 284 g/mol. The van der Waals surface area contributed by atoms with E-state index in [0.717, 1.165) is 29.2 Å². The van der Waals surface area contributed by atoms with E-state index in [4.69, 9.17) is 0 Å². The Hall–Kier alpha value is -0.410. The van der Waals surface area contributed by atoms with Crippen LogP contribution >= 0.6 is 15.9 Å². The van der Waals surface area contributed by atoms with Crippen molar-refractivity contribution in [3.05, 3.63) is 28.5 Å². The van der Waals surface area contributed by atoms with E-state index in [-0.39, 0.29) is 0 Å². The number of unbranched alkanes of at least 4 members (excludes halogenated alkanes) is 1. The molecule has 0 amide bonds. The fourth-order valence-electron chi connectivity index (χ4n) is 1.53. The lowest BCUT2D eigenvalue weighted by molar-refractivity contribution is 0.519. The quantitative estimate of drug-likeness (QED) is 0.772. The topological polar surface area (TPSA) is 24.9 Å². The molecule has 1 aromatic heterocycles. The first-order valence-electron chi connectivity index (χ1n) is 5.99. The van der Waals surface area contributed by atoms with Gasteiger partial charge >= 0.3 is 0 Å². The number of hydrogen-bond acceptors (Lipinski definition) is 2. The summed E-state index contributed by atoms with van der Waals surface area (Å²) in [5.41, 5.74) is 1.10. The van der Waals surface area contributed by atoms with Crippen LogP contribution in [0.15, 0.2) is 22.8 Å². The fraction of sp³-hybridized carbons (Fsp3) is 0.615. The van der Waals surface area contributed by atoms with Crippen molar-refractivity contribution in [1.82, 2.24) is 10.3 Å². The lowest BCUT2D eigenvalue weighted by atomic mass is 10.1. The summed E-state index contributed by atoms with van der Waals surface area (Å²) < 4.78 is 1.04. The molecule has 0 bridgehead atoms. The highest BCUT2D eigenvalue weighted by atomic mass is 79.9. The lowest BCUT2D eigenvalue weighted by Crippen LogP contribution is -2.15. The Balaban J connectivity index is 2.05. The highest BCUT2D eigenvalue weighted by Gasteiger charge is 1.96. The molecule has 1 aromatic rings. The molecule has 0 saturated carbocycles. The van der Waals surface area contributed by atoms with Crippen LogP contribution in [-0.4, -0.2) is 11.5 Å². The van der Waals surface area contributed by atoms with Crippen molar-refractivity contribution in [2.45, 2.75) is 39.7 Å². The van der Waals surface area contributed by atoms with E-state index in [1.165, 1.54) is 19.3 Å². The van der Waals surface area contributed by atoms with Gasteiger partial charge in [-0.3, -0.25) is 4.98 Å². The van der Waals surface area contributed by atoms with Crippen molar-refractivity contribution >= 4 is 15.9 Å². The van der Waals surface area contributed by atoms with E-state index in [2.05, 4.69) is 40.1 Å². The first-order valence-corrected chi connectivity index (χ1v) is 6.79. The first-order chi connectivity index (χ1) is 7.68. The molecule has 0 fully saturated rings. The first kappa shape index (κ1) is 13.7. The van der Waals surface area contributed by atoms with Crippen LogP contribution in [0.2, 0.25) is 0 Å². The van der Waals surface area contributed by atoms with Gasteiger partial charge in [-0.2, -0.15) is 0 Å². The van der Waals surface area contributed by atoms with Crippen molar-refractivity contribution in [1.29, 1.82) is 0 Å². The zero-order valence-electron chi connectivity index (χ0n) is 10.2. The van der Waals surface area contributed by atoms with Crippen molar-refractivity contribution in [3.8, 4) is 0 Å². The van der Waals surface area contributed by atoms with Gasteiger partial charge in [0.1, 0.15) is 0 Å². The predicted molar refractivity (Wildman–Crippen MR) is 72.3 cm³/mol. The number of hydrogen-bond donors (Lipinski definition) is 1. The molecule has 3 heteroatoms. The average Bonchev–Trinajstić information content (AvgIpc) is 2.25. The summed E-state index contributed by atoms with van der Waals surface area (Å²) in [5, 5.41) is 3.42. The highest BCUT2D eigenvalue weighted by Crippen LogP contribution is 2.07. The van der Waals surface area contributed by atoms with Crippen LogP contribution in [0, 0.1) is 5.92 Å². The van der Waals surface area contributed by atoms with Crippen molar-refractivity contribution < 1.29 is 0 Å². The summed E-state index contributed by atoms with van der Waals surface area (Å²) in [7, 11) is 0. The van der Waals surface area contributed by atoms with Crippen molar-refractivity contribution in [2.24, 2.45) is 5.92 Å². The Morgan fingerprint density at radius 1 is 1.31 bits per heavy atom. The molecule has 0 aliphatic carbocycles. The molecule has 0 aromatic carbocycles. The van der Waals surface area contributed by atoms with Crippen LogP contribution in [0.4, 0.5) is 0 Å². The van der Waals surface area contributed by atoms with Gasteiger partial charge in [0.15, 0.2) is 0 Å². The largest absolute Gasteiger partial charge is 0.311 e. The molecule has 0 saturated heterocycles. The normalized spacial score (nSPS) is 11.0. The summed E-state index contributed by atoms with van der Waals surface area (Å²) in [5.74, 6) is 0.827. The van der Waals surface area contributed by atoms with Crippen LogP contribution in [0.1, 0.15) is 38.8 Å². The Labute approximate surface area is 107 Å². The second kappa shape index (κ2) is 7.80. The van der Waals surface area contributed by atoms with Gasteiger partial charge in [0.2, 0.25) is 0 Å². The lowest BCUT2D eigenvalue weighted by Gasteiger charge is -2.06. The molecule has 0 aliphatic rings. The average molecular weight is 285 g/mol. The molecule has 0 unspecified atom stereocenters. The number of halogens is 1. The van der Waals surface area contributed by atoms with Gasteiger partial charge < -0.3 is 5.32 Å². The van der Waals surface area contributed by atoms with Crippen LogP contribution in [-0.2, 0) is 6.54 Å². The zero-order valence-corrected chi connectivity index (χ0v) is 11.8. The molecule has 1 rings (SSSR count). The summed E-state index contributed by atoms with van der Waals surface area (Å²) in [6, 6.07) is 4.08. The van der Waals surface area contributed by atoms with E-state index in [1.807, 2.05) is 18.3 Å². The summed E-state index contributed by atoms with van der Waals surface area (Å²) in [6.07, 6.45) is 5.75. The smallest absolute Gasteiger partial charge is 0.0542 e. The Morgan fingerprint density at radius 2 is 2.12 bits per heavy atom. The number of aromatic nitrogens is 1. The highest BCUT2D eigenvalue weighted by molar-refractivity contribution is 9.10. The molecule has 16 heavy (non-hydrogen) atoms. The second-order valence-corrected chi connectivity index (χ2v) is 5.45.